The third kappa shape index (κ3) is 7.48. The molecule has 8 nitrogen and oxygen atoms in total. The summed E-state index contributed by atoms with van der Waals surface area (Å²) in [5.41, 5.74) is 1.32. The summed E-state index contributed by atoms with van der Waals surface area (Å²) >= 11 is 0. The fourth-order valence-electron chi connectivity index (χ4n) is 6.58. The molecule has 8 heteroatoms. The quantitative estimate of drug-likeness (QED) is 0.165. The number of phenolic OH excluding ortho intramolecular Hbond substituents is 1. The molecule has 1 aromatic rings. The highest BCUT2D eigenvalue weighted by molar-refractivity contribution is 6.16. The molecular weight excluding hydrogens is 596 g/mol. The van der Waals surface area contributed by atoms with Gasteiger partial charge in [0.2, 0.25) is 0 Å². The van der Waals surface area contributed by atoms with E-state index < -0.39 is 40.8 Å². The van der Waals surface area contributed by atoms with Gasteiger partial charge in [-0.05, 0) is 92.2 Å². The van der Waals surface area contributed by atoms with Gasteiger partial charge in [0, 0.05) is 35.0 Å². The van der Waals surface area contributed by atoms with E-state index in [1.54, 1.807) is 6.08 Å². The van der Waals surface area contributed by atoms with Crippen molar-refractivity contribution in [1.82, 2.24) is 0 Å². The van der Waals surface area contributed by atoms with Crippen molar-refractivity contribution >= 4 is 23.6 Å². The molecule has 4 rings (SSSR count). The summed E-state index contributed by atoms with van der Waals surface area (Å²) in [6, 6.07) is 0. The van der Waals surface area contributed by atoms with Crippen molar-refractivity contribution < 1.29 is 39.2 Å². The van der Waals surface area contributed by atoms with Crippen molar-refractivity contribution in [2.24, 2.45) is 17.8 Å². The van der Waals surface area contributed by atoms with E-state index in [-0.39, 0.29) is 40.7 Å². The number of carboxylic acid groups (broad SMARTS) is 1. The minimum absolute atomic E-state index is 0.0115. The van der Waals surface area contributed by atoms with E-state index in [0.717, 1.165) is 18.4 Å². The molecule has 0 spiro atoms. The smallest absolute Gasteiger partial charge is 0.330 e. The fourth-order valence-corrected chi connectivity index (χ4v) is 6.58. The third-order valence-electron chi connectivity index (χ3n) is 9.56. The van der Waals surface area contributed by atoms with Crippen LogP contribution in [0.3, 0.4) is 0 Å². The zero-order valence-electron chi connectivity index (χ0n) is 29.2. The number of benzene rings is 1. The Balaban J connectivity index is 1.83. The molecular formula is C39H50O8. The first-order valence-corrected chi connectivity index (χ1v) is 16.5. The number of carbonyl (C=O) groups is 3. The Morgan fingerprint density at radius 2 is 1.74 bits per heavy atom. The number of Topliss-reactive ketones (excluding diaryl/α,β-unsaturated/α-hetero) is 2. The van der Waals surface area contributed by atoms with E-state index in [9.17, 15) is 29.7 Å². The molecule has 1 aromatic carbocycles. The monoisotopic (exact) mass is 646 g/mol. The number of rotatable bonds is 11. The summed E-state index contributed by atoms with van der Waals surface area (Å²) in [4.78, 5) is 39.4. The molecule has 254 valence electrons. The normalized spacial score (nSPS) is 24.5. The van der Waals surface area contributed by atoms with Crippen LogP contribution < -0.4 is 9.47 Å². The second-order valence-corrected chi connectivity index (χ2v) is 14.6. The van der Waals surface area contributed by atoms with Gasteiger partial charge in [0.1, 0.15) is 40.1 Å². The first-order valence-electron chi connectivity index (χ1n) is 16.5. The number of allylic oxidation sites excluding steroid dienone is 5. The molecule has 0 saturated carbocycles. The Kier molecular flexibility index (Phi) is 10.5. The minimum atomic E-state index is -1.84. The first-order chi connectivity index (χ1) is 21.9. The number of ether oxygens (including phenoxy) is 2. The molecule has 0 bridgehead atoms. The second kappa shape index (κ2) is 13.7. The summed E-state index contributed by atoms with van der Waals surface area (Å²) in [5.74, 6) is -2.48. The number of aliphatic carboxylic acids is 1. The highest BCUT2D eigenvalue weighted by atomic mass is 16.5. The predicted octanol–water partition coefficient (Wildman–Crippen LogP) is 7.71. The summed E-state index contributed by atoms with van der Waals surface area (Å²) in [5, 5.41) is 32.0. The molecule has 0 saturated heterocycles. The van der Waals surface area contributed by atoms with Crippen LogP contribution in [0.15, 0.2) is 52.7 Å². The Morgan fingerprint density at radius 1 is 1.09 bits per heavy atom. The standard InChI is InChI=1S/C39H50O8/c1-21(2)11-10-16-38(8)17-15-26-31(40)30-32(41)29-20-25(36(42)39(9,45)18-14-24(7)37(43)44)19-28(23(5)6)33(29)46-35(30)27(34(26)47-38)13-12-22(3)4/h11-12,14-15,17,20,23,25,28,33,40,45H,10,13,16,18-19H2,1-9H3,(H,43,44)/b24-14-. The summed E-state index contributed by atoms with van der Waals surface area (Å²) < 4.78 is 13.4. The molecule has 2 aliphatic heterocycles. The van der Waals surface area contributed by atoms with Crippen molar-refractivity contribution in [3.8, 4) is 17.2 Å². The number of ketones is 2. The Bertz CT molecular complexity index is 1610. The van der Waals surface area contributed by atoms with Crippen molar-refractivity contribution in [3.63, 3.8) is 0 Å². The van der Waals surface area contributed by atoms with Crippen LogP contribution in [0.1, 0.15) is 109 Å². The van der Waals surface area contributed by atoms with Gasteiger partial charge in [-0.1, -0.05) is 49.3 Å². The van der Waals surface area contributed by atoms with E-state index in [2.05, 4.69) is 19.9 Å². The maximum atomic E-state index is 14.4. The lowest BCUT2D eigenvalue weighted by Crippen LogP contribution is -2.47. The molecule has 5 unspecified atom stereocenters. The van der Waals surface area contributed by atoms with E-state index >= 15 is 0 Å². The number of carbonyl (C=O) groups excluding carboxylic acids is 2. The zero-order chi connectivity index (χ0) is 35.0. The first kappa shape index (κ1) is 35.9. The lowest BCUT2D eigenvalue weighted by molar-refractivity contribution is -0.139. The molecule has 2 heterocycles. The van der Waals surface area contributed by atoms with Gasteiger partial charge in [0.05, 0.1) is 5.56 Å². The van der Waals surface area contributed by atoms with E-state index in [1.165, 1.54) is 25.5 Å². The maximum Gasteiger partial charge on any atom is 0.330 e. The Hall–Kier alpha value is -3.91. The minimum Gasteiger partial charge on any atom is -0.506 e. The Labute approximate surface area is 278 Å². The number of hydrogen-bond donors (Lipinski definition) is 3. The van der Waals surface area contributed by atoms with Crippen LogP contribution in [-0.4, -0.2) is 50.2 Å². The third-order valence-corrected chi connectivity index (χ3v) is 9.56. The van der Waals surface area contributed by atoms with Crippen LogP contribution in [0.2, 0.25) is 0 Å². The molecule has 0 radical (unpaired) electrons. The molecule has 1 aliphatic carbocycles. The van der Waals surface area contributed by atoms with Crippen LogP contribution in [-0.2, 0) is 16.0 Å². The molecule has 0 fully saturated rings. The molecule has 0 aromatic heterocycles. The zero-order valence-corrected chi connectivity index (χ0v) is 29.2. The van der Waals surface area contributed by atoms with Gasteiger partial charge in [-0.3, -0.25) is 9.59 Å². The lowest BCUT2D eigenvalue weighted by atomic mass is 9.69. The number of carboxylic acids is 1. The molecule has 47 heavy (non-hydrogen) atoms. The van der Waals surface area contributed by atoms with Gasteiger partial charge in [-0.15, -0.1) is 0 Å². The number of hydrogen-bond acceptors (Lipinski definition) is 7. The van der Waals surface area contributed by atoms with Gasteiger partial charge < -0.3 is 24.8 Å². The van der Waals surface area contributed by atoms with Crippen LogP contribution in [0, 0.1) is 17.8 Å². The van der Waals surface area contributed by atoms with Gasteiger partial charge in [0.25, 0.3) is 0 Å². The topological polar surface area (TPSA) is 130 Å². The lowest BCUT2D eigenvalue weighted by Gasteiger charge is -2.42. The van der Waals surface area contributed by atoms with Crippen molar-refractivity contribution in [2.45, 2.75) is 112 Å². The summed E-state index contributed by atoms with van der Waals surface area (Å²) in [7, 11) is 0. The van der Waals surface area contributed by atoms with Crippen LogP contribution in [0.4, 0.5) is 0 Å². The van der Waals surface area contributed by atoms with Gasteiger partial charge >= 0.3 is 5.97 Å². The van der Waals surface area contributed by atoms with Crippen molar-refractivity contribution in [2.75, 3.05) is 0 Å². The summed E-state index contributed by atoms with van der Waals surface area (Å²) in [6.07, 6.45) is 12.4. The number of fused-ring (bicyclic) bond motifs is 3. The second-order valence-electron chi connectivity index (χ2n) is 14.6. The highest BCUT2D eigenvalue weighted by Crippen LogP contribution is 2.53. The average molecular weight is 647 g/mol. The number of aromatic hydroxyl groups is 1. The van der Waals surface area contributed by atoms with Gasteiger partial charge in [0.15, 0.2) is 11.6 Å². The fraction of sp³-hybridized carbons (Fsp3) is 0.513. The molecule has 0 amide bonds. The number of phenols is 1. The predicted molar refractivity (Wildman–Crippen MR) is 183 cm³/mol. The van der Waals surface area contributed by atoms with E-state index in [1.807, 2.05) is 52.8 Å². The highest BCUT2D eigenvalue weighted by Gasteiger charge is 2.48. The number of aliphatic hydroxyl groups is 1. The van der Waals surface area contributed by atoms with Gasteiger partial charge in [-0.2, -0.15) is 0 Å². The average Bonchev–Trinajstić information content (AvgIpc) is 2.98. The van der Waals surface area contributed by atoms with E-state index in [4.69, 9.17) is 9.47 Å². The van der Waals surface area contributed by atoms with Crippen molar-refractivity contribution in [1.29, 1.82) is 0 Å². The molecule has 3 N–H and O–H groups in total. The SMILES string of the molecule is CC(C)=CCCC1(C)C=Cc2c(O)c3c(c(CC=C(C)C)c2O1)OC1C(=CC(C(=O)C(C)(O)C/C=C(/C)C(=O)O)CC1C(C)C)C3=O. The van der Waals surface area contributed by atoms with Crippen LogP contribution >= 0.6 is 0 Å². The van der Waals surface area contributed by atoms with E-state index in [0.29, 0.717) is 35.5 Å². The van der Waals surface area contributed by atoms with Crippen LogP contribution in [0.25, 0.3) is 6.08 Å². The largest absolute Gasteiger partial charge is 0.506 e. The Morgan fingerprint density at radius 3 is 2.34 bits per heavy atom. The molecule has 3 aliphatic rings. The van der Waals surface area contributed by atoms with Gasteiger partial charge in [-0.25, -0.2) is 4.79 Å². The van der Waals surface area contributed by atoms with Crippen molar-refractivity contribution in [3.05, 3.63) is 69.4 Å². The summed E-state index contributed by atoms with van der Waals surface area (Å²) in [6.45, 7) is 16.9. The molecule has 5 atom stereocenters. The van der Waals surface area contributed by atoms with Crippen LogP contribution in [0.5, 0.6) is 17.2 Å². The maximum absolute atomic E-state index is 14.4.